The van der Waals surface area contributed by atoms with Crippen LogP contribution in [0.2, 0.25) is 0 Å². The Kier molecular flexibility index (Phi) is 4.32. The normalized spacial score (nSPS) is 9.75. The van der Waals surface area contributed by atoms with Gasteiger partial charge >= 0.3 is 5.97 Å². The van der Waals surface area contributed by atoms with Gasteiger partial charge in [0, 0.05) is 12.5 Å². The van der Waals surface area contributed by atoms with Crippen molar-refractivity contribution in [1.29, 1.82) is 0 Å². The predicted molar refractivity (Wildman–Crippen MR) is 55.9 cm³/mol. The van der Waals surface area contributed by atoms with Crippen LogP contribution in [0.15, 0.2) is 18.2 Å². The molecule has 0 atom stereocenters. The van der Waals surface area contributed by atoms with Crippen LogP contribution in [0.25, 0.3) is 0 Å². The van der Waals surface area contributed by atoms with Crippen molar-refractivity contribution in [2.24, 2.45) is 0 Å². The van der Waals surface area contributed by atoms with Gasteiger partial charge in [0.15, 0.2) is 6.29 Å². The molecule has 0 fully saturated rings. The number of hydrogen-bond acceptors (Lipinski definition) is 4. The number of phenolic OH excluding ortho intramolecular Hbond substituents is 1. The second-order valence-electron chi connectivity index (χ2n) is 3.18. The van der Waals surface area contributed by atoms with Crippen LogP contribution in [0.4, 0.5) is 0 Å². The molecule has 16 heavy (non-hydrogen) atoms. The molecule has 0 spiro atoms. The Morgan fingerprint density at radius 3 is 2.75 bits per heavy atom. The maximum atomic E-state index is 10.4. The lowest BCUT2D eigenvalue weighted by Crippen LogP contribution is -2.02. The van der Waals surface area contributed by atoms with E-state index in [1.807, 2.05) is 0 Å². The number of carboxylic acid groups (broad SMARTS) is 1. The monoisotopic (exact) mass is 224 g/mol. The lowest BCUT2D eigenvalue weighted by molar-refractivity contribution is -0.137. The minimum absolute atomic E-state index is 0.0401. The molecule has 5 nitrogen and oxygen atoms in total. The van der Waals surface area contributed by atoms with E-state index >= 15 is 0 Å². The third-order valence-corrected chi connectivity index (χ3v) is 1.93. The summed E-state index contributed by atoms with van der Waals surface area (Å²) in [5, 5.41) is 17.7. The van der Waals surface area contributed by atoms with Crippen LogP contribution in [0.3, 0.4) is 0 Å². The molecule has 0 aliphatic heterocycles. The van der Waals surface area contributed by atoms with Gasteiger partial charge in [-0.3, -0.25) is 9.59 Å². The highest BCUT2D eigenvalue weighted by Crippen LogP contribution is 2.22. The van der Waals surface area contributed by atoms with E-state index in [4.69, 9.17) is 9.84 Å². The van der Waals surface area contributed by atoms with Crippen molar-refractivity contribution in [2.45, 2.75) is 12.8 Å². The number of phenols is 1. The molecule has 0 aliphatic rings. The molecule has 1 rings (SSSR count). The van der Waals surface area contributed by atoms with E-state index in [2.05, 4.69) is 0 Å². The van der Waals surface area contributed by atoms with E-state index in [1.54, 1.807) is 6.07 Å². The van der Waals surface area contributed by atoms with Crippen molar-refractivity contribution < 1.29 is 24.5 Å². The Bertz CT molecular complexity index is 386. The Morgan fingerprint density at radius 1 is 1.44 bits per heavy atom. The third kappa shape index (κ3) is 3.61. The molecule has 0 heterocycles. The molecule has 0 saturated carbocycles. The number of benzene rings is 1. The Balaban J connectivity index is 2.46. The average Bonchev–Trinajstić information content (AvgIpc) is 2.24. The smallest absolute Gasteiger partial charge is 0.303 e. The summed E-state index contributed by atoms with van der Waals surface area (Å²) >= 11 is 0. The van der Waals surface area contributed by atoms with Crippen molar-refractivity contribution in [1.82, 2.24) is 0 Å². The average molecular weight is 224 g/mol. The summed E-state index contributed by atoms with van der Waals surface area (Å²) in [6.45, 7) is 0.256. The number of aldehydes is 1. The standard InChI is InChI=1S/C11H12O5/c12-7-8-3-4-9(6-10(8)13)16-5-1-2-11(14)15/h3-4,6-7,13H,1-2,5H2,(H,14,15). The fraction of sp³-hybridized carbons (Fsp3) is 0.273. The van der Waals surface area contributed by atoms with Crippen LogP contribution in [-0.4, -0.2) is 29.1 Å². The van der Waals surface area contributed by atoms with Crippen molar-refractivity contribution in [2.75, 3.05) is 6.61 Å². The van der Waals surface area contributed by atoms with Crippen LogP contribution in [-0.2, 0) is 4.79 Å². The molecule has 1 aromatic rings. The van der Waals surface area contributed by atoms with Gasteiger partial charge in [-0.1, -0.05) is 0 Å². The van der Waals surface area contributed by atoms with E-state index in [9.17, 15) is 14.7 Å². The second kappa shape index (κ2) is 5.75. The fourth-order valence-electron chi connectivity index (χ4n) is 1.13. The quantitative estimate of drug-likeness (QED) is 0.564. The second-order valence-corrected chi connectivity index (χ2v) is 3.18. The molecule has 86 valence electrons. The highest BCUT2D eigenvalue weighted by atomic mass is 16.5. The highest BCUT2D eigenvalue weighted by molar-refractivity contribution is 5.79. The Hall–Kier alpha value is -2.04. The van der Waals surface area contributed by atoms with Crippen LogP contribution in [0, 0.1) is 0 Å². The van der Waals surface area contributed by atoms with E-state index in [0.717, 1.165) is 0 Å². The van der Waals surface area contributed by atoms with Gasteiger partial charge in [-0.2, -0.15) is 0 Å². The van der Waals surface area contributed by atoms with Gasteiger partial charge < -0.3 is 14.9 Å². The first-order valence-electron chi connectivity index (χ1n) is 4.76. The van der Waals surface area contributed by atoms with Crippen LogP contribution in [0.1, 0.15) is 23.2 Å². The SMILES string of the molecule is O=Cc1ccc(OCCCC(=O)O)cc1O. The van der Waals surface area contributed by atoms with Crippen molar-refractivity contribution in [3.05, 3.63) is 23.8 Å². The number of aliphatic carboxylic acids is 1. The molecular formula is C11H12O5. The fourth-order valence-corrected chi connectivity index (χ4v) is 1.13. The van der Waals surface area contributed by atoms with Crippen LogP contribution in [0.5, 0.6) is 11.5 Å². The van der Waals surface area contributed by atoms with Gasteiger partial charge in [0.05, 0.1) is 12.2 Å². The first-order chi connectivity index (χ1) is 7.63. The van der Waals surface area contributed by atoms with Gasteiger partial charge in [0.25, 0.3) is 0 Å². The largest absolute Gasteiger partial charge is 0.507 e. The summed E-state index contributed by atoms with van der Waals surface area (Å²) in [5.41, 5.74) is 0.192. The number of carbonyl (C=O) groups excluding carboxylic acids is 1. The van der Waals surface area contributed by atoms with Crippen molar-refractivity contribution in [3.63, 3.8) is 0 Å². The number of carboxylic acids is 1. The zero-order chi connectivity index (χ0) is 12.0. The molecule has 1 aromatic carbocycles. The molecule has 0 amide bonds. The van der Waals surface area contributed by atoms with Gasteiger partial charge in [-0.15, -0.1) is 0 Å². The first-order valence-corrected chi connectivity index (χ1v) is 4.76. The van der Waals surface area contributed by atoms with E-state index < -0.39 is 5.97 Å². The summed E-state index contributed by atoms with van der Waals surface area (Å²) in [6, 6.07) is 4.31. The topological polar surface area (TPSA) is 83.8 Å². The molecule has 0 saturated heterocycles. The van der Waals surface area contributed by atoms with Gasteiger partial charge in [0.2, 0.25) is 0 Å². The first kappa shape index (κ1) is 12.0. The predicted octanol–water partition coefficient (Wildman–Crippen LogP) is 1.45. The summed E-state index contributed by atoms with van der Waals surface area (Å²) in [4.78, 5) is 20.6. The maximum Gasteiger partial charge on any atom is 0.303 e. The number of ether oxygens (including phenoxy) is 1. The molecule has 0 radical (unpaired) electrons. The summed E-state index contributed by atoms with van der Waals surface area (Å²) in [7, 11) is 0. The minimum atomic E-state index is -0.872. The van der Waals surface area contributed by atoms with E-state index in [-0.39, 0.29) is 24.3 Å². The molecule has 0 aliphatic carbocycles. The summed E-state index contributed by atoms with van der Waals surface area (Å²) in [5.74, 6) is -0.609. The Morgan fingerprint density at radius 2 is 2.19 bits per heavy atom. The van der Waals surface area contributed by atoms with Crippen molar-refractivity contribution in [3.8, 4) is 11.5 Å². The summed E-state index contributed by atoms with van der Waals surface area (Å²) < 4.78 is 5.20. The maximum absolute atomic E-state index is 10.4. The molecule has 2 N–H and O–H groups in total. The number of hydrogen-bond donors (Lipinski definition) is 2. The number of rotatable bonds is 6. The Labute approximate surface area is 92.3 Å². The number of carbonyl (C=O) groups is 2. The van der Waals surface area contributed by atoms with E-state index in [0.29, 0.717) is 18.5 Å². The van der Waals surface area contributed by atoms with Gasteiger partial charge in [-0.05, 0) is 18.6 Å². The lowest BCUT2D eigenvalue weighted by Gasteiger charge is -2.06. The molecule has 5 heteroatoms. The zero-order valence-corrected chi connectivity index (χ0v) is 8.55. The third-order valence-electron chi connectivity index (χ3n) is 1.93. The van der Waals surface area contributed by atoms with Gasteiger partial charge in [-0.25, -0.2) is 0 Å². The minimum Gasteiger partial charge on any atom is -0.507 e. The van der Waals surface area contributed by atoms with Gasteiger partial charge in [0.1, 0.15) is 11.5 Å². The summed E-state index contributed by atoms with van der Waals surface area (Å²) in [6.07, 6.45) is 0.980. The zero-order valence-electron chi connectivity index (χ0n) is 8.55. The molecule has 0 aromatic heterocycles. The molecular weight excluding hydrogens is 212 g/mol. The number of aromatic hydroxyl groups is 1. The highest BCUT2D eigenvalue weighted by Gasteiger charge is 2.02. The van der Waals surface area contributed by atoms with Crippen LogP contribution < -0.4 is 4.74 Å². The van der Waals surface area contributed by atoms with Crippen molar-refractivity contribution >= 4 is 12.3 Å². The van der Waals surface area contributed by atoms with Crippen LogP contribution >= 0.6 is 0 Å². The molecule has 0 unspecified atom stereocenters. The van der Waals surface area contributed by atoms with E-state index in [1.165, 1.54) is 12.1 Å². The molecule has 0 bridgehead atoms. The lowest BCUT2D eigenvalue weighted by atomic mass is 10.2.